The van der Waals surface area contributed by atoms with Gasteiger partial charge in [0.25, 0.3) is 0 Å². The summed E-state index contributed by atoms with van der Waals surface area (Å²) in [4.78, 5) is 32.2. The molecule has 0 saturated heterocycles. The normalized spacial score (nSPS) is 10.9. The monoisotopic (exact) mass is 313 g/mol. The molecule has 0 fully saturated rings. The minimum atomic E-state index is -0.776. The van der Waals surface area contributed by atoms with E-state index >= 15 is 0 Å². The van der Waals surface area contributed by atoms with E-state index in [1.165, 1.54) is 0 Å². The number of benzene rings is 1. The maximum atomic E-state index is 12.3. The smallest absolute Gasteiger partial charge is 0.394 e. The molecular formula is C16H15N3O4. The Bertz CT molecular complexity index is 912. The molecule has 3 aromatic rings. The fourth-order valence-electron chi connectivity index (χ4n) is 2.32. The van der Waals surface area contributed by atoms with Gasteiger partial charge in [-0.1, -0.05) is 30.3 Å². The number of esters is 1. The standard InChI is InChI=1S/C16H15N3O4/c1-3-22-16(21)14-18-13-12(15(20)23-14)19(10(2)17-13)9-11-7-5-4-6-8-11/h4-8H,3,9H2,1-2H3. The van der Waals surface area contributed by atoms with Crippen molar-refractivity contribution < 1.29 is 13.9 Å². The van der Waals surface area contributed by atoms with Crippen molar-refractivity contribution in [2.24, 2.45) is 0 Å². The summed E-state index contributed by atoms with van der Waals surface area (Å²) in [6.07, 6.45) is 0. The Hall–Kier alpha value is -2.96. The molecule has 0 N–H and O–H groups in total. The number of imidazole rings is 1. The SMILES string of the molecule is CCOC(=O)c1nc2nc(C)n(Cc3ccccc3)c2c(=O)o1. The molecule has 0 spiro atoms. The predicted molar refractivity (Wildman–Crippen MR) is 82.3 cm³/mol. The Labute approximate surface area is 131 Å². The summed E-state index contributed by atoms with van der Waals surface area (Å²) in [6, 6.07) is 9.66. The third kappa shape index (κ3) is 2.85. The van der Waals surface area contributed by atoms with Gasteiger partial charge in [-0.25, -0.2) is 14.6 Å². The zero-order valence-electron chi connectivity index (χ0n) is 12.8. The summed E-state index contributed by atoms with van der Waals surface area (Å²) < 4.78 is 11.5. The second kappa shape index (κ2) is 6.04. The summed E-state index contributed by atoms with van der Waals surface area (Å²) in [6.45, 7) is 4.07. The van der Waals surface area contributed by atoms with Crippen LogP contribution in [0.25, 0.3) is 11.2 Å². The molecule has 0 aliphatic carbocycles. The van der Waals surface area contributed by atoms with Crippen molar-refractivity contribution in [1.29, 1.82) is 0 Å². The molecule has 0 saturated carbocycles. The molecule has 1 aromatic carbocycles. The molecule has 0 bridgehead atoms. The molecule has 2 aromatic heterocycles. The lowest BCUT2D eigenvalue weighted by Crippen LogP contribution is -2.15. The Balaban J connectivity index is 2.09. The van der Waals surface area contributed by atoms with Gasteiger partial charge in [-0.2, -0.15) is 4.98 Å². The average molecular weight is 313 g/mol. The summed E-state index contributed by atoms with van der Waals surface area (Å²) in [5.41, 5.74) is 0.774. The predicted octanol–water partition coefficient (Wildman–Crippen LogP) is 1.92. The van der Waals surface area contributed by atoms with Crippen molar-refractivity contribution in [2.45, 2.75) is 20.4 Å². The van der Waals surface area contributed by atoms with Crippen LogP contribution in [0.1, 0.15) is 29.0 Å². The van der Waals surface area contributed by atoms with Gasteiger partial charge in [0.15, 0.2) is 11.2 Å². The zero-order chi connectivity index (χ0) is 16.4. The summed E-state index contributed by atoms with van der Waals surface area (Å²) in [5.74, 6) is -0.542. The van der Waals surface area contributed by atoms with Gasteiger partial charge in [-0.05, 0) is 19.4 Å². The van der Waals surface area contributed by atoms with Gasteiger partial charge < -0.3 is 13.7 Å². The lowest BCUT2D eigenvalue weighted by molar-refractivity contribution is 0.0474. The van der Waals surface area contributed by atoms with Gasteiger partial charge >= 0.3 is 17.5 Å². The highest BCUT2D eigenvalue weighted by atomic mass is 16.5. The second-order valence-electron chi connectivity index (χ2n) is 4.93. The number of hydrogen-bond donors (Lipinski definition) is 0. The number of aryl methyl sites for hydroxylation is 1. The number of rotatable bonds is 4. The number of carbonyl (C=O) groups excluding carboxylic acids is 1. The lowest BCUT2D eigenvalue weighted by atomic mass is 10.2. The number of carbonyl (C=O) groups is 1. The summed E-state index contributed by atoms with van der Waals surface area (Å²) in [5, 5.41) is 0. The van der Waals surface area contributed by atoms with Crippen molar-refractivity contribution in [3.8, 4) is 0 Å². The van der Waals surface area contributed by atoms with Gasteiger partial charge in [0.2, 0.25) is 0 Å². The van der Waals surface area contributed by atoms with Crippen molar-refractivity contribution in [3.05, 3.63) is 58.0 Å². The Morgan fingerprint density at radius 2 is 2.00 bits per heavy atom. The van der Waals surface area contributed by atoms with E-state index in [0.717, 1.165) is 5.56 Å². The first-order valence-electron chi connectivity index (χ1n) is 7.19. The Morgan fingerprint density at radius 1 is 1.26 bits per heavy atom. The lowest BCUT2D eigenvalue weighted by Gasteiger charge is -2.06. The van der Waals surface area contributed by atoms with E-state index in [4.69, 9.17) is 9.15 Å². The molecule has 118 valence electrons. The van der Waals surface area contributed by atoms with Crippen LogP contribution in [0.2, 0.25) is 0 Å². The van der Waals surface area contributed by atoms with Crippen LogP contribution in [0.5, 0.6) is 0 Å². The fourth-order valence-corrected chi connectivity index (χ4v) is 2.32. The first-order chi connectivity index (χ1) is 11.1. The van der Waals surface area contributed by atoms with E-state index in [-0.39, 0.29) is 23.7 Å². The van der Waals surface area contributed by atoms with Crippen molar-refractivity contribution in [1.82, 2.24) is 14.5 Å². The number of ether oxygens (including phenoxy) is 1. The van der Waals surface area contributed by atoms with Crippen LogP contribution in [-0.4, -0.2) is 27.1 Å². The molecule has 0 amide bonds. The molecule has 23 heavy (non-hydrogen) atoms. The van der Waals surface area contributed by atoms with Crippen molar-refractivity contribution >= 4 is 17.1 Å². The second-order valence-corrected chi connectivity index (χ2v) is 4.93. The van der Waals surface area contributed by atoms with E-state index in [1.54, 1.807) is 18.4 Å². The van der Waals surface area contributed by atoms with Crippen molar-refractivity contribution in [2.75, 3.05) is 6.61 Å². The quantitative estimate of drug-likeness (QED) is 0.684. The van der Waals surface area contributed by atoms with Gasteiger partial charge in [-0.3, -0.25) is 0 Å². The average Bonchev–Trinajstić information content (AvgIpc) is 2.85. The van der Waals surface area contributed by atoms with Gasteiger partial charge in [0, 0.05) is 6.54 Å². The summed E-state index contributed by atoms with van der Waals surface area (Å²) in [7, 11) is 0. The van der Waals surface area contributed by atoms with Crippen LogP contribution in [0.3, 0.4) is 0 Å². The Kier molecular flexibility index (Phi) is 3.92. The molecule has 0 aliphatic rings. The van der Waals surface area contributed by atoms with Gasteiger partial charge in [0.05, 0.1) is 6.61 Å². The highest BCUT2D eigenvalue weighted by molar-refractivity contribution is 5.86. The number of nitrogens with zero attached hydrogens (tertiary/aromatic N) is 3. The topological polar surface area (TPSA) is 87.2 Å². The number of hydrogen-bond acceptors (Lipinski definition) is 6. The number of fused-ring (bicyclic) bond motifs is 1. The van der Waals surface area contributed by atoms with Crippen LogP contribution in [0, 0.1) is 6.92 Å². The van der Waals surface area contributed by atoms with Crippen LogP contribution in [0.15, 0.2) is 39.5 Å². The minimum Gasteiger partial charge on any atom is -0.459 e. The van der Waals surface area contributed by atoms with Crippen LogP contribution < -0.4 is 5.63 Å². The third-order valence-corrected chi connectivity index (χ3v) is 3.36. The maximum absolute atomic E-state index is 12.3. The molecule has 0 radical (unpaired) electrons. The molecular weight excluding hydrogens is 298 g/mol. The zero-order valence-corrected chi connectivity index (χ0v) is 12.8. The largest absolute Gasteiger partial charge is 0.459 e. The molecule has 7 heteroatoms. The van der Waals surface area contributed by atoms with Crippen molar-refractivity contribution in [3.63, 3.8) is 0 Å². The molecule has 0 unspecified atom stereocenters. The molecule has 0 aliphatic heterocycles. The van der Waals surface area contributed by atoms with Gasteiger partial charge in [0.1, 0.15) is 5.82 Å². The van der Waals surface area contributed by atoms with Gasteiger partial charge in [-0.15, -0.1) is 0 Å². The Morgan fingerprint density at radius 3 is 2.70 bits per heavy atom. The molecule has 0 atom stereocenters. The van der Waals surface area contributed by atoms with E-state index in [9.17, 15) is 9.59 Å². The number of aromatic nitrogens is 3. The van der Waals surface area contributed by atoms with E-state index in [2.05, 4.69) is 9.97 Å². The maximum Gasteiger partial charge on any atom is 0.394 e. The van der Waals surface area contributed by atoms with Crippen LogP contribution in [-0.2, 0) is 11.3 Å². The van der Waals surface area contributed by atoms with E-state index in [0.29, 0.717) is 12.4 Å². The van der Waals surface area contributed by atoms with E-state index < -0.39 is 11.6 Å². The molecule has 2 heterocycles. The van der Waals surface area contributed by atoms with E-state index in [1.807, 2.05) is 30.3 Å². The first kappa shape index (κ1) is 15.0. The third-order valence-electron chi connectivity index (χ3n) is 3.36. The first-order valence-corrected chi connectivity index (χ1v) is 7.19. The molecule has 3 rings (SSSR count). The minimum absolute atomic E-state index is 0.170. The van der Waals surface area contributed by atoms with Crippen LogP contribution >= 0.6 is 0 Å². The highest BCUT2D eigenvalue weighted by Crippen LogP contribution is 2.14. The fraction of sp³-hybridized carbons (Fsp3) is 0.250. The summed E-state index contributed by atoms with van der Waals surface area (Å²) >= 11 is 0. The molecule has 7 nitrogen and oxygen atoms in total. The van der Waals surface area contributed by atoms with Crippen LogP contribution in [0.4, 0.5) is 0 Å². The highest BCUT2D eigenvalue weighted by Gasteiger charge is 2.20.